The number of carbonyl (C=O) groups excluding carboxylic acids is 1. The third-order valence-corrected chi connectivity index (χ3v) is 2.50. The number of esters is 1. The van der Waals surface area contributed by atoms with E-state index in [1.54, 1.807) is 6.20 Å². The van der Waals surface area contributed by atoms with Crippen LogP contribution in [0.25, 0.3) is 0 Å². The highest BCUT2D eigenvalue weighted by atomic mass is 16.5. The minimum atomic E-state index is -0.215. The number of nitrogens with zero attached hydrogens (tertiary/aromatic N) is 1. The average molecular weight is 221 g/mol. The van der Waals surface area contributed by atoms with Crippen LogP contribution in [0, 0.1) is 12.8 Å². The Kier molecular flexibility index (Phi) is 4.47. The van der Waals surface area contributed by atoms with Crippen molar-refractivity contribution < 1.29 is 9.53 Å². The second kappa shape index (κ2) is 5.64. The normalized spacial score (nSPS) is 12.6. The van der Waals surface area contributed by atoms with Gasteiger partial charge in [0, 0.05) is 11.9 Å². The Balaban J connectivity index is 2.93. The van der Waals surface area contributed by atoms with Crippen LogP contribution in [0.5, 0.6) is 0 Å². The molecule has 0 aliphatic heterocycles. The van der Waals surface area contributed by atoms with Crippen LogP contribution in [0.15, 0.2) is 18.3 Å². The van der Waals surface area contributed by atoms with Gasteiger partial charge in [-0.2, -0.15) is 0 Å². The second-order valence-corrected chi connectivity index (χ2v) is 4.21. The molecule has 0 fully saturated rings. The first-order valence-corrected chi connectivity index (χ1v) is 5.65. The third-order valence-electron chi connectivity index (χ3n) is 2.50. The molecule has 1 rings (SSSR count). The monoisotopic (exact) mass is 221 g/mol. The van der Waals surface area contributed by atoms with Crippen molar-refractivity contribution in [1.29, 1.82) is 0 Å². The summed E-state index contributed by atoms with van der Waals surface area (Å²) in [7, 11) is 0. The fraction of sp³-hybridized carbons (Fsp3) is 0.538. The molecular weight excluding hydrogens is 202 g/mol. The smallest absolute Gasteiger partial charge is 0.313 e. The fourth-order valence-corrected chi connectivity index (χ4v) is 1.69. The molecule has 1 unspecified atom stereocenters. The fourth-order valence-electron chi connectivity index (χ4n) is 1.69. The lowest BCUT2D eigenvalue weighted by Crippen LogP contribution is -2.21. The molecule has 0 bridgehead atoms. The summed E-state index contributed by atoms with van der Waals surface area (Å²) in [5.41, 5.74) is 1.88. The van der Waals surface area contributed by atoms with Crippen molar-refractivity contribution in [2.75, 3.05) is 6.61 Å². The zero-order valence-electron chi connectivity index (χ0n) is 10.4. The molecule has 0 N–H and O–H groups in total. The molecule has 16 heavy (non-hydrogen) atoms. The van der Waals surface area contributed by atoms with E-state index in [1.807, 2.05) is 39.8 Å². The van der Waals surface area contributed by atoms with Crippen LogP contribution >= 0.6 is 0 Å². The van der Waals surface area contributed by atoms with Gasteiger partial charge in [0.25, 0.3) is 0 Å². The van der Waals surface area contributed by atoms with Crippen LogP contribution in [0.4, 0.5) is 0 Å². The maximum absolute atomic E-state index is 11.8. The lowest BCUT2D eigenvalue weighted by molar-refractivity contribution is -0.146. The number of ether oxygens (including phenoxy) is 1. The molecule has 1 aromatic heterocycles. The van der Waals surface area contributed by atoms with Crippen LogP contribution in [0.3, 0.4) is 0 Å². The minimum Gasteiger partial charge on any atom is -0.466 e. The summed E-state index contributed by atoms with van der Waals surface area (Å²) >= 11 is 0. The first kappa shape index (κ1) is 12.7. The number of rotatable bonds is 4. The predicted octanol–water partition coefficient (Wildman–Crippen LogP) is 2.69. The predicted molar refractivity (Wildman–Crippen MR) is 63.2 cm³/mol. The number of pyridine rings is 1. The lowest BCUT2D eigenvalue weighted by atomic mass is 9.89. The Morgan fingerprint density at radius 1 is 1.44 bits per heavy atom. The summed E-state index contributed by atoms with van der Waals surface area (Å²) in [4.78, 5) is 16.0. The lowest BCUT2D eigenvalue weighted by Gasteiger charge is -2.19. The summed E-state index contributed by atoms with van der Waals surface area (Å²) in [6.45, 7) is 8.20. The Labute approximate surface area is 96.8 Å². The number of hydrogen-bond donors (Lipinski definition) is 0. The van der Waals surface area contributed by atoms with Gasteiger partial charge in [0.15, 0.2) is 0 Å². The number of hydrogen-bond acceptors (Lipinski definition) is 3. The molecule has 0 spiro atoms. The van der Waals surface area contributed by atoms with Crippen molar-refractivity contribution in [2.45, 2.75) is 33.6 Å². The minimum absolute atomic E-state index is 0.164. The van der Waals surface area contributed by atoms with E-state index in [9.17, 15) is 4.79 Å². The molecule has 1 atom stereocenters. The van der Waals surface area contributed by atoms with E-state index < -0.39 is 0 Å². The van der Waals surface area contributed by atoms with E-state index in [1.165, 1.54) is 0 Å². The van der Waals surface area contributed by atoms with Crippen molar-refractivity contribution >= 4 is 5.97 Å². The van der Waals surface area contributed by atoms with Gasteiger partial charge in [-0.25, -0.2) is 0 Å². The van der Waals surface area contributed by atoms with E-state index in [2.05, 4.69) is 4.98 Å². The van der Waals surface area contributed by atoms with Crippen LogP contribution in [-0.2, 0) is 9.53 Å². The molecule has 0 amide bonds. The van der Waals surface area contributed by atoms with Crippen LogP contribution < -0.4 is 0 Å². The molecule has 0 aliphatic rings. The SMILES string of the molecule is CCOC(=O)C(c1ccc(C)nc1)C(C)C. The molecule has 0 saturated heterocycles. The molecule has 1 heterocycles. The van der Waals surface area contributed by atoms with Gasteiger partial charge in [0.05, 0.1) is 12.5 Å². The summed E-state index contributed by atoms with van der Waals surface area (Å²) in [5, 5.41) is 0. The van der Waals surface area contributed by atoms with Crippen LogP contribution in [-0.4, -0.2) is 17.6 Å². The number of aromatic nitrogens is 1. The molecule has 0 aliphatic carbocycles. The van der Waals surface area contributed by atoms with Crippen molar-refractivity contribution in [3.05, 3.63) is 29.6 Å². The van der Waals surface area contributed by atoms with E-state index in [4.69, 9.17) is 4.74 Å². The summed E-state index contributed by atoms with van der Waals surface area (Å²) < 4.78 is 5.08. The van der Waals surface area contributed by atoms with Crippen LogP contribution in [0.2, 0.25) is 0 Å². The van der Waals surface area contributed by atoms with Crippen molar-refractivity contribution in [3.8, 4) is 0 Å². The molecular formula is C13H19NO2. The third kappa shape index (κ3) is 3.05. The second-order valence-electron chi connectivity index (χ2n) is 4.21. The van der Waals surface area contributed by atoms with E-state index in [0.717, 1.165) is 11.3 Å². The zero-order chi connectivity index (χ0) is 12.1. The van der Waals surface area contributed by atoms with E-state index >= 15 is 0 Å². The van der Waals surface area contributed by atoms with Crippen LogP contribution in [0.1, 0.15) is 37.9 Å². The van der Waals surface area contributed by atoms with E-state index in [-0.39, 0.29) is 17.8 Å². The van der Waals surface area contributed by atoms with Gasteiger partial charge >= 0.3 is 5.97 Å². The number of aryl methyl sites for hydroxylation is 1. The molecule has 1 aromatic rings. The Morgan fingerprint density at radius 3 is 2.56 bits per heavy atom. The highest BCUT2D eigenvalue weighted by molar-refractivity contribution is 5.78. The number of carbonyl (C=O) groups is 1. The first-order valence-electron chi connectivity index (χ1n) is 5.65. The van der Waals surface area contributed by atoms with Gasteiger partial charge in [-0.1, -0.05) is 19.9 Å². The Bertz CT molecular complexity index is 343. The van der Waals surface area contributed by atoms with Gasteiger partial charge in [-0.3, -0.25) is 9.78 Å². The maximum atomic E-state index is 11.8. The standard InChI is InChI=1S/C13H19NO2/c1-5-16-13(15)12(9(2)3)11-7-6-10(4)14-8-11/h6-9,12H,5H2,1-4H3. The van der Waals surface area contributed by atoms with Gasteiger partial charge in [-0.05, 0) is 31.4 Å². The first-order chi connectivity index (χ1) is 7.56. The van der Waals surface area contributed by atoms with Gasteiger partial charge in [-0.15, -0.1) is 0 Å². The van der Waals surface area contributed by atoms with Crippen molar-refractivity contribution in [2.24, 2.45) is 5.92 Å². The molecule has 3 heteroatoms. The molecule has 3 nitrogen and oxygen atoms in total. The summed E-state index contributed by atoms with van der Waals surface area (Å²) in [6, 6.07) is 3.87. The van der Waals surface area contributed by atoms with Gasteiger partial charge < -0.3 is 4.74 Å². The maximum Gasteiger partial charge on any atom is 0.313 e. The zero-order valence-corrected chi connectivity index (χ0v) is 10.4. The topological polar surface area (TPSA) is 39.2 Å². The average Bonchev–Trinajstić information content (AvgIpc) is 2.21. The largest absolute Gasteiger partial charge is 0.466 e. The highest BCUT2D eigenvalue weighted by Crippen LogP contribution is 2.25. The quantitative estimate of drug-likeness (QED) is 0.734. The molecule has 88 valence electrons. The van der Waals surface area contributed by atoms with Crippen molar-refractivity contribution in [1.82, 2.24) is 4.98 Å². The Morgan fingerprint density at radius 2 is 2.12 bits per heavy atom. The molecule has 0 radical (unpaired) electrons. The van der Waals surface area contributed by atoms with Gasteiger partial charge in [0.1, 0.15) is 0 Å². The molecule has 0 aromatic carbocycles. The Hall–Kier alpha value is -1.38. The van der Waals surface area contributed by atoms with E-state index in [0.29, 0.717) is 6.61 Å². The molecule has 0 saturated carbocycles. The summed E-state index contributed by atoms with van der Waals surface area (Å²) in [5.74, 6) is -0.167. The van der Waals surface area contributed by atoms with Gasteiger partial charge in [0.2, 0.25) is 0 Å². The highest BCUT2D eigenvalue weighted by Gasteiger charge is 2.25. The summed E-state index contributed by atoms with van der Waals surface area (Å²) in [6.07, 6.45) is 1.76. The van der Waals surface area contributed by atoms with Crippen molar-refractivity contribution in [3.63, 3.8) is 0 Å².